The van der Waals surface area contributed by atoms with Crippen molar-refractivity contribution in [3.8, 4) is 11.5 Å². The van der Waals surface area contributed by atoms with Crippen LogP contribution < -0.4 is 14.8 Å². The van der Waals surface area contributed by atoms with E-state index in [2.05, 4.69) is 24.4 Å². The van der Waals surface area contributed by atoms with Crippen LogP contribution in [0, 0.1) is 0 Å². The van der Waals surface area contributed by atoms with Crippen molar-refractivity contribution in [2.75, 3.05) is 25.1 Å². The SMILES string of the molecule is CCCCCCCOc1cccc(NCCCCOc2ccc(Cl)cc2Cl)c1. The van der Waals surface area contributed by atoms with Gasteiger partial charge in [-0.2, -0.15) is 0 Å². The Balaban J connectivity index is 1.58. The Kier molecular flexibility index (Phi) is 11.0. The van der Waals surface area contributed by atoms with Gasteiger partial charge in [-0.15, -0.1) is 0 Å². The molecule has 0 unspecified atom stereocenters. The molecule has 0 aliphatic rings. The van der Waals surface area contributed by atoms with Crippen LogP contribution in [-0.4, -0.2) is 19.8 Å². The predicted molar refractivity (Wildman–Crippen MR) is 120 cm³/mol. The third kappa shape index (κ3) is 9.07. The van der Waals surface area contributed by atoms with Crippen LogP contribution >= 0.6 is 23.2 Å². The second kappa shape index (κ2) is 13.6. The van der Waals surface area contributed by atoms with E-state index in [-0.39, 0.29) is 0 Å². The normalized spacial score (nSPS) is 10.7. The third-order valence-electron chi connectivity index (χ3n) is 4.40. The molecular formula is C23H31Cl2NO2. The molecule has 2 rings (SSSR count). The van der Waals surface area contributed by atoms with Crippen molar-refractivity contribution in [3.05, 3.63) is 52.5 Å². The number of hydrogen-bond acceptors (Lipinski definition) is 3. The van der Waals surface area contributed by atoms with E-state index in [1.807, 2.05) is 12.1 Å². The standard InChI is InChI=1S/C23H31Cl2NO2/c1-2-3-4-5-7-15-27-21-11-9-10-20(18-21)26-14-6-8-16-28-23-13-12-19(24)17-22(23)25/h9-13,17-18,26H,2-8,14-16H2,1H3. The Hall–Kier alpha value is -1.58. The van der Waals surface area contributed by atoms with E-state index in [9.17, 15) is 0 Å². The molecule has 0 saturated carbocycles. The third-order valence-corrected chi connectivity index (χ3v) is 4.93. The van der Waals surface area contributed by atoms with Crippen molar-refractivity contribution in [2.45, 2.75) is 51.9 Å². The molecule has 0 aliphatic heterocycles. The minimum Gasteiger partial charge on any atom is -0.494 e. The van der Waals surface area contributed by atoms with Gasteiger partial charge < -0.3 is 14.8 Å². The quantitative estimate of drug-likeness (QED) is 0.317. The maximum Gasteiger partial charge on any atom is 0.137 e. The molecule has 3 nitrogen and oxygen atoms in total. The number of unbranched alkanes of at least 4 members (excludes halogenated alkanes) is 5. The Bertz CT molecular complexity index is 694. The lowest BCUT2D eigenvalue weighted by atomic mass is 10.2. The number of hydrogen-bond donors (Lipinski definition) is 1. The monoisotopic (exact) mass is 423 g/mol. The molecule has 2 aromatic carbocycles. The van der Waals surface area contributed by atoms with Crippen LogP contribution in [0.25, 0.3) is 0 Å². The molecule has 0 aromatic heterocycles. The molecule has 0 bridgehead atoms. The Morgan fingerprint density at radius 3 is 2.43 bits per heavy atom. The molecule has 5 heteroatoms. The highest BCUT2D eigenvalue weighted by Gasteiger charge is 2.02. The molecule has 0 spiro atoms. The van der Waals surface area contributed by atoms with Crippen molar-refractivity contribution in [2.24, 2.45) is 0 Å². The topological polar surface area (TPSA) is 30.5 Å². The van der Waals surface area contributed by atoms with E-state index >= 15 is 0 Å². The summed E-state index contributed by atoms with van der Waals surface area (Å²) >= 11 is 12.0. The maximum atomic E-state index is 6.10. The Morgan fingerprint density at radius 1 is 0.821 bits per heavy atom. The van der Waals surface area contributed by atoms with Gasteiger partial charge in [0.15, 0.2) is 0 Å². The molecule has 2 aromatic rings. The van der Waals surface area contributed by atoms with Crippen molar-refractivity contribution in [3.63, 3.8) is 0 Å². The number of anilines is 1. The summed E-state index contributed by atoms with van der Waals surface area (Å²) in [4.78, 5) is 0. The number of benzene rings is 2. The van der Waals surface area contributed by atoms with Crippen LogP contribution in [-0.2, 0) is 0 Å². The van der Waals surface area contributed by atoms with Gasteiger partial charge in [-0.1, -0.05) is 61.9 Å². The van der Waals surface area contributed by atoms with Crippen molar-refractivity contribution < 1.29 is 9.47 Å². The van der Waals surface area contributed by atoms with Crippen molar-refractivity contribution in [1.82, 2.24) is 0 Å². The van der Waals surface area contributed by atoms with Crippen molar-refractivity contribution >= 4 is 28.9 Å². The highest BCUT2D eigenvalue weighted by Crippen LogP contribution is 2.27. The van der Waals surface area contributed by atoms with Gasteiger partial charge in [0.05, 0.1) is 18.2 Å². The zero-order valence-electron chi connectivity index (χ0n) is 16.7. The number of rotatable bonds is 14. The second-order valence-corrected chi connectivity index (χ2v) is 7.69. The van der Waals surface area contributed by atoms with Gasteiger partial charge in [0.2, 0.25) is 0 Å². The van der Waals surface area contributed by atoms with E-state index in [0.29, 0.717) is 22.4 Å². The van der Waals surface area contributed by atoms with Crippen LogP contribution in [0.4, 0.5) is 5.69 Å². The van der Waals surface area contributed by atoms with E-state index in [0.717, 1.165) is 43.9 Å². The van der Waals surface area contributed by atoms with Gasteiger partial charge in [0.1, 0.15) is 11.5 Å². The minimum atomic E-state index is 0.549. The number of nitrogens with one attached hydrogen (secondary N) is 1. The summed E-state index contributed by atoms with van der Waals surface area (Å²) in [6.45, 7) is 4.54. The number of halogens is 2. The van der Waals surface area contributed by atoms with Gasteiger partial charge >= 0.3 is 0 Å². The van der Waals surface area contributed by atoms with Gasteiger partial charge in [-0.25, -0.2) is 0 Å². The van der Waals surface area contributed by atoms with Gasteiger partial charge in [-0.3, -0.25) is 0 Å². The smallest absolute Gasteiger partial charge is 0.137 e. The van der Waals surface area contributed by atoms with Crippen LogP contribution in [0.15, 0.2) is 42.5 Å². The summed E-state index contributed by atoms with van der Waals surface area (Å²) in [5.41, 5.74) is 1.09. The molecule has 0 aliphatic carbocycles. The number of ether oxygens (including phenoxy) is 2. The first-order chi connectivity index (χ1) is 13.7. The molecule has 0 radical (unpaired) electrons. The fourth-order valence-corrected chi connectivity index (χ4v) is 3.29. The van der Waals surface area contributed by atoms with E-state index in [1.165, 1.54) is 25.7 Å². The summed E-state index contributed by atoms with van der Waals surface area (Å²) in [6.07, 6.45) is 8.21. The molecule has 0 fully saturated rings. The molecule has 154 valence electrons. The van der Waals surface area contributed by atoms with Crippen molar-refractivity contribution in [1.29, 1.82) is 0 Å². The lowest BCUT2D eigenvalue weighted by Crippen LogP contribution is -2.05. The zero-order valence-corrected chi connectivity index (χ0v) is 18.2. The van der Waals surface area contributed by atoms with Crippen LogP contribution in [0.1, 0.15) is 51.9 Å². The van der Waals surface area contributed by atoms with Gasteiger partial charge in [0, 0.05) is 23.3 Å². The lowest BCUT2D eigenvalue weighted by Gasteiger charge is -2.11. The van der Waals surface area contributed by atoms with E-state index in [4.69, 9.17) is 32.7 Å². The molecule has 28 heavy (non-hydrogen) atoms. The second-order valence-electron chi connectivity index (χ2n) is 6.85. The maximum absolute atomic E-state index is 6.10. The fourth-order valence-electron chi connectivity index (χ4n) is 2.83. The molecule has 0 heterocycles. The average Bonchev–Trinajstić information content (AvgIpc) is 2.69. The summed E-state index contributed by atoms with van der Waals surface area (Å²) in [5, 5.41) is 4.61. The molecular weight excluding hydrogens is 393 g/mol. The highest BCUT2D eigenvalue weighted by atomic mass is 35.5. The first-order valence-corrected chi connectivity index (χ1v) is 11.0. The van der Waals surface area contributed by atoms with Crippen LogP contribution in [0.5, 0.6) is 11.5 Å². The lowest BCUT2D eigenvalue weighted by molar-refractivity contribution is 0.304. The largest absolute Gasteiger partial charge is 0.494 e. The van der Waals surface area contributed by atoms with E-state index < -0.39 is 0 Å². The van der Waals surface area contributed by atoms with Gasteiger partial charge in [0.25, 0.3) is 0 Å². The van der Waals surface area contributed by atoms with Gasteiger partial charge in [-0.05, 0) is 49.6 Å². The molecule has 0 saturated heterocycles. The minimum absolute atomic E-state index is 0.549. The first-order valence-electron chi connectivity index (χ1n) is 10.2. The summed E-state index contributed by atoms with van der Waals surface area (Å²) in [7, 11) is 0. The summed E-state index contributed by atoms with van der Waals surface area (Å²) < 4.78 is 11.6. The first kappa shape index (κ1) is 22.7. The molecule has 0 atom stereocenters. The Labute approximate surface area is 179 Å². The highest BCUT2D eigenvalue weighted by molar-refractivity contribution is 6.35. The Morgan fingerprint density at radius 2 is 1.61 bits per heavy atom. The zero-order chi connectivity index (χ0) is 20.0. The van der Waals surface area contributed by atoms with Crippen LogP contribution in [0.3, 0.4) is 0 Å². The van der Waals surface area contributed by atoms with Crippen LogP contribution in [0.2, 0.25) is 10.0 Å². The summed E-state index contributed by atoms with van der Waals surface area (Å²) in [5.74, 6) is 1.61. The summed E-state index contributed by atoms with van der Waals surface area (Å²) in [6, 6.07) is 13.5. The molecule has 0 amide bonds. The van der Waals surface area contributed by atoms with E-state index in [1.54, 1.807) is 18.2 Å². The molecule has 1 N–H and O–H groups in total. The average molecular weight is 424 g/mol. The predicted octanol–water partition coefficient (Wildman–Crippen LogP) is 7.61. The fraction of sp³-hybridized carbons (Fsp3) is 0.478.